The number of alkyl halides is 1. The lowest BCUT2D eigenvalue weighted by atomic mass is 9.96. The molecule has 0 amide bonds. The normalized spacial score (nSPS) is 15.5. The predicted octanol–water partition coefficient (Wildman–Crippen LogP) is 3.49. The number of hydrogen-bond donors (Lipinski definition) is 1. The standard InChI is InChI=1S/C14H22ClNO2S/c1-5-13(15)11(4)12-8-6-7-9-14(12)19(17,18)16-10(2)3/h6-11,13,16H,5H2,1-4H3. The Kier molecular flexibility index (Phi) is 5.83. The smallest absolute Gasteiger partial charge is 0.209 e. The molecule has 3 nitrogen and oxygen atoms in total. The summed E-state index contributed by atoms with van der Waals surface area (Å²) in [4.78, 5) is 0.329. The molecule has 108 valence electrons. The van der Waals surface area contributed by atoms with E-state index in [-0.39, 0.29) is 17.3 Å². The molecule has 0 saturated carbocycles. The topological polar surface area (TPSA) is 46.2 Å². The quantitative estimate of drug-likeness (QED) is 0.818. The van der Waals surface area contributed by atoms with Crippen LogP contribution >= 0.6 is 11.6 Å². The molecule has 0 aliphatic rings. The highest BCUT2D eigenvalue weighted by Crippen LogP contribution is 2.30. The Labute approximate surface area is 121 Å². The van der Waals surface area contributed by atoms with Gasteiger partial charge in [0, 0.05) is 11.4 Å². The monoisotopic (exact) mass is 303 g/mol. The Morgan fingerprint density at radius 2 is 1.79 bits per heavy atom. The van der Waals surface area contributed by atoms with Crippen molar-refractivity contribution in [3.63, 3.8) is 0 Å². The van der Waals surface area contributed by atoms with Crippen LogP contribution in [0.2, 0.25) is 0 Å². The summed E-state index contributed by atoms with van der Waals surface area (Å²) in [6.07, 6.45) is 0.800. The van der Waals surface area contributed by atoms with Gasteiger partial charge in [0.25, 0.3) is 0 Å². The van der Waals surface area contributed by atoms with Gasteiger partial charge in [0.1, 0.15) is 0 Å². The molecule has 0 heterocycles. The van der Waals surface area contributed by atoms with Crippen LogP contribution < -0.4 is 4.72 Å². The first-order chi connectivity index (χ1) is 8.79. The Morgan fingerprint density at radius 1 is 1.21 bits per heavy atom. The van der Waals surface area contributed by atoms with E-state index in [9.17, 15) is 8.42 Å². The molecule has 0 aliphatic heterocycles. The molecule has 0 radical (unpaired) electrons. The number of rotatable bonds is 6. The number of nitrogens with one attached hydrogen (secondary N) is 1. The molecule has 1 rings (SSSR count). The van der Waals surface area contributed by atoms with Crippen molar-refractivity contribution in [3.8, 4) is 0 Å². The van der Waals surface area contributed by atoms with Gasteiger partial charge in [-0.2, -0.15) is 0 Å². The van der Waals surface area contributed by atoms with E-state index in [1.54, 1.807) is 26.0 Å². The first-order valence-corrected chi connectivity index (χ1v) is 8.46. The molecular weight excluding hydrogens is 282 g/mol. The molecule has 1 aromatic rings. The number of hydrogen-bond acceptors (Lipinski definition) is 2. The summed E-state index contributed by atoms with van der Waals surface area (Å²) >= 11 is 6.26. The van der Waals surface area contributed by atoms with Crippen molar-refractivity contribution in [2.75, 3.05) is 0 Å². The van der Waals surface area contributed by atoms with Crippen LogP contribution in [0.25, 0.3) is 0 Å². The first kappa shape index (κ1) is 16.5. The van der Waals surface area contributed by atoms with Crippen LogP contribution in [-0.4, -0.2) is 19.8 Å². The van der Waals surface area contributed by atoms with Crippen LogP contribution in [0, 0.1) is 0 Å². The Morgan fingerprint density at radius 3 is 2.32 bits per heavy atom. The van der Waals surface area contributed by atoms with Gasteiger partial charge >= 0.3 is 0 Å². The van der Waals surface area contributed by atoms with Gasteiger partial charge < -0.3 is 0 Å². The predicted molar refractivity (Wildman–Crippen MR) is 80.2 cm³/mol. The van der Waals surface area contributed by atoms with E-state index in [2.05, 4.69) is 4.72 Å². The number of benzene rings is 1. The summed E-state index contributed by atoms with van der Waals surface area (Å²) in [6, 6.07) is 6.92. The fraction of sp³-hybridized carbons (Fsp3) is 0.571. The maximum atomic E-state index is 12.3. The summed E-state index contributed by atoms with van der Waals surface area (Å²) in [6.45, 7) is 7.57. The Hall–Kier alpha value is -0.580. The van der Waals surface area contributed by atoms with Gasteiger partial charge in [-0.15, -0.1) is 11.6 Å². The summed E-state index contributed by atoms with van der Waals surface area (Å²) in [5.74, 6) is -0.00777. The van der Waals surface area contributed by atoms with Crippen LogP contribution in [0.5, 0.6) is 0 Å². The molecule has 0 spiro atoms. The molecule has 0 fully saturated rings. The van der Waals surface area contributed by atoms with Gasteiger partial charge in [-0.05, 0) is 37.8 Å². The average Bonchev–Trinajstić information content (AvgIpc) is 2.35. The van der Waals surface area contributed by atoms with Gasteiger partial charge in [0.2, 0.25) is 10.0 Å². The zero-order chi connectivity index (χ0) is 14.6. The van der Waals surface area contributed by atoms with Crippen molar-refractivity contribution in [2.24, 2.45) is 0 Å². The SMILES string of the molecule is CCC(Cl)C(C)c1ccccc1S(=O)(=O)NC(C)C. The molecule has 0 saturated heterocycles. The van der Waals surface area contributed by atoms with Gasteiger partial charge in [-0.25, -0.2) is 13.1 Å². The molecule has 0 aromatic heterocycles. The van der Waals surface area contributed by atoms with Crippen molar-refractivity contribution in [2.45, 2.75) is 56.3 Å². The molecule has 0 aliphatic carbocycles. The summed E-state index contributed by atoms with van der Waals surface area (Å²) < 4.78 is 27.3. The zero-order valence-electron chi connectivity index (χ0n) is 11.9. The lowest BCUT2D eigenvalue weighted by Gasteiger charge is -2.21. The minimum atomic E-state index is -3.49. The maximum absolute atomic E-state index is 12.3. The average molecular weight is 304 g/mol. The third kappa shape index (κ3) is 4.20. The van der Waals surface area contributed by atoms with E-state index in [4.69, 9.17) is 11.6 Å². The van der Waals surface area contributed by atoms with Crippen LogP contribution in [0.4, 0.5) is 0 Å². The molecule has 2 atom stereocenters. The summed E-state index contributed by atoms with van der Waals surface area (Å²) in [5.41, 5.74) is 0.775. The summed E-state index contributed by atoms with van der Waals surface area (Å²) in [5, 5.41) is -0.0737. The molecular formula is C14H22ClNO2S. The highest BCUT2D eigenvalue weighted by molar-refractivity contribution is 7.89. The van der Waals surface area contributed by atoms with E-state index in [0.29, 0.717) is 4.90 Å². The van der Waals surface area contributed by atoms with Crippen molar-refractivity contribution >= 4 is 21.6 Å². The lowest BCUT2D eigenvalue weighted by Crippen LogP contribution is -2.31. The molecule has 0 bridgehead atoms. The second-order valence-electron chi connectivity index (χ2n) is 5.03. The van der Waals surface area contributed by atoms with E-state index in [1.807, 2.05) is 26.0 Å². The number of halogens is 1. The van der Waals surface area contributed by atoms with Crippen molar-refractivity contribution in [3.05, 3.63) is 29.8 Å². The van der Waals surface area contributed by atoms with Gasteiger partial charge in [-0.1, -0.05) is 32.0 Å². The van der Waals surface area contributed by atoms with E-state index < -0.39 is 10.0 Å². The maximum Gasteiger partial charge on any atom is 0.241 e. The molecule has 5 heteroatoms. The molecule has 1 N–H and O–H groups in total. The van der Waals surface area contributed by atoms with Crippen LogP contribution in [0.1, 0.15) is 45.6 Å². The molecule has 2 unspecified atom stereocenters. The lowest BCUT2D eigenvalue weighted by molar-refractivity contribution is 0.565. The van der Waals surface area contributed by atoms with Crippen molar-refractivity contribution in [1.82, 2.24) is 4.72 Å². The van der Waals surface area contributed by atoms with Gasteiger partial charge in [-0.3, -0.25) is 0 Å². The molecule has 1 aromatic carbocycles. The largest absolute Gasteiger partial charge is 0.241 e. The second kappa shape index (κ2) is 6.73. The zero-order valence-corrected chi connectivity index (χ0v) is 13.4. The van der Waals surface area contributed by atoms with E-state index in [1.165, 1.54) is 0 Å². The highest BCUT2D eigenvalue weighted by atomic mass is 35.5. The Balaban J connectivity index is 3.23. The third-order valence-corrected chi connectivity index (χ3v) is 5.44. The van der Waals surface area contributed by atoms with E-state index in [0.717, 1.165) is 12.0 Å². The fourth-order valence-electron chi connectivity index (χ4n) is 2.02. The Bertz CT molecular complexity index is 514. The minimum Gasteiger partial charge on any atom is -0.209 e. The summed E-state index contributed by atoms with van der Waals surface area (Å²) in [7, 11) is -3.49. The number of sulfonamides is 1. The highest BCUT2D eigenvalue weighted by Gasteiger charge is 2.24. The molecule has 19 heavy (non-hydrogen) atoms. The third-order valence-electron chi connectivity index (χ3n) is 3.02. The van der Waals surface area contributed by atoms with Crippen molar-refractivity contribution in [1.29, 1.82) is 0 Å². The van der Waals surface area contributed by atoms with Crippen LogP contribution in [0.15, 0.2) is 29.2 Å². The van der Waals surface area contributed by atoms with E-state index >= 15 is 0 Å². The van der Waals surface area contributed by atoms with Crippen LogP contribution in [-0.2, 0) is 10.0 Å². The van der Waals surface area contributed by atoms with Crippen molar-refractivity contribution < 1.29 is 8.42 Å². The fourth-order valence-corrected chi connectivity index (χ4v) is 3.73. The minimum absolute atomic E-state index is 0.00777. The van der Waals surface area contributed by atoms with Gasteiger partial charge in [0.15, 0.2) is 0 Å². The first-order valence-electron chi connectivity index (χ1n) is 6.55. The second-order valence-corrected chi connectivity index (χ2v) is 7.27. The van der Waals surface area contributed by atoms with Crippen LogP contribution in [0.3, 0.4) is 0 Å². The van der Waals surface area contributed by atoms with Gasteiger partial charge in [0.05, 0.1) is 4.90 Å².